The molecule has 2 rings (SSSR count). The van der Waals surface area contributed by atoms with E-state index in [9.17, 15) is 4.79 Å². The maximum Gasteiger partial charge on any atom is 0.223 e. The van der Waals surface area contributed by atoms with Crippen molar-refractivity contribution in [3.63, 3.8) is 0 Å². The number of hydrogen-bond acceptors (Lipinski definition) is 3. The topological polar surface area (TPSA) is 46.3 Å². The molecule has 0 spiro atoms. The average molecular weight is 345 g/mol. The Hall–Kier alpha value is -0.390. The highest BCUT2D eigenvalue weighted by molar-refractivity contribution is 9.10. The van der Waals surface area contributed by atoms with E-state index in [0.29, 0.717) is 6.42 Å². The summed E-state index contributed by atoms with van der Waals surface area (Å²) in [4.78, 5) is 16.7. The van der Waals surface area contributed by atoms with Crippen LogP contribution in [0.4, 0.5) is 0 Å². The highest BCUT2D eigenvalue weighted by Crippen LogP contribution is 2.41. The molecule has 2 unspecified atom stereocenters. The van der Waals surface area contributed by atoms with Gasteiger partial charge in [-0.05, 0) is 56.1 Å². The van der Waals surface area contributed by atoms with Crippen LogP contribution in [-0.4, -0.2) is 22.4 Å². The fraction of sp³-hybridized carbons (Fsp3) is 0.643. The van der Waals surface area contributed by atoms with Gasteiger partial charge in [0.05, 0.1) is 6.04 Å². The number of nitrogens with zero attached hydrogens (tertiary/aromatic N) is 1. The molecule has 19 heavy (non-hydrogen) atoms. The molecule has 2 atom stereocenters. The number of piperidine rings is 1. The Kier molecular flexibility index (Phi) is 4.10. The van der Waals surface area contributed by atoms with Gasteiger partial charge in [-0.2, -0.15) is 0 Å². The summed E-state index contributed by atoms with van der Waals surface area (Å²) in [6.45, 7) is 8.30. The third kappa shape index (κ3) is 2.88. The molecule has 106 valence electrons. The molecule has 1 aromatic heterocycles. The van der Waals surface area contributed by atoms with Gasteiger partial charge in [0.15, 0.2) is 0 Å². The summed E-state index contributed by atoms with van der Waals surface area (Å²) in [5, 5.41) is 0. The number of halogens is 1. The lowest BCUT2D eigenvalue weighted by Crippen LogP contribution is -2.55. The first-order valence-corrected chi connectivity index (χ1v) is 8.16. The second-order valence-electron chi connectivity index (χ2n) is 6.13. The van der Waals surface area contributed by atoms with Crippen molar-refractivity contribution in [2.45, 2.75) is 58.2 Å². The van der Waals surface area contributed by atoms with Crippen molar-refractivity contribution in [3.05, 3.63) is 20.3 Å². The van der Waals surface area contributed by atoms with Crippen LogP contribution in [-0.2, 0) is 4.79 Å². The van der Waals surface area contributed by atoms with Gasteiger partial charge >= 0.3 is 0 Å². The zero-order chi connectivity index (χ0) is 14.4. The number of hydrogen-bond donors (Lipinski definition) is 1. The smallest absolute Gasteiger partial charge is 0.223 e. The summed E-state index contributed by atoms with van der Waals surface area (Å²) in [5.74, 6) is 0.210. The first-order chi connectivity index (χ1) is 8.71. The Morgan fingerprint density at radius 3 is 2.58 bits per heavy atom. The standard InChI is InChI=1S/C14H21BrN2OS/c1-8-9(15)7-11(19-8)13-10(16)5-6-12(18)17(13)14(2,3)4/h7,10,13H,5-6,16H2,1-4H3. The fourth-order valence-corrected chi connectivity index (χ4v) is 4.40. The summed E-state index contributed by atoms with van der Waals surface area (Å²) in [5.41, 5.74) is 6.11. The van der Waals surface area contributed by atoms with E-state index in [-0.39, 0.29) is 23.5 Å². The van der Waals surface area contributed by atoms with Gasteiger partial charge in [0.25, 0.3) is 0 Å². The minimum Gasteiger partial charge on any atom is -0.328 e. The maximum atomic E-state index is 12.3. The maximum absolute atomic E-state index is 12.3. The minimum absolute atomic E-state index is 0.00347. The SMILES string of the molecule is Cc1sc(C2C(N)CCC(=O)N2C(C)(C)C)cc1Br. The average Bonchev–Trinajstić information content (AvgIpc) is 2.60. The summed E-state index contributed by atoms with van der Waals surface area (Å²) in [7, 11) is 0. The van der Waals surface area contributed by atoms with Crippen molar-refractivity contribution in [1.29, 1.82) is 0 Å². The molecule has 5 heteroatoms. The number of nitrogens with two attached hydrogens (primary N) is 1. The van der Waals surface area contributed by atoms with Crippen molar-refractivity contribution in [3.8, 4) is 0 Å². The van der Waals surface area contributed by atoms with Crippen LogP contribution < -0.4 is 5.73 Å². The van der Waals surface area contributed by atoms with Gasteiger partial charge in [-0.3, -0.25) is 4.79 Å². The quantitative estimate of drug-likeness (QED) is 0.845. The van der Waals surface area contributed by atoms with Crippen LogP contribution >= 0.6 is 27.3 Å². The number of amides is 1. The van der Waals surface area contributed by atoms with E-state index in [1.807, 2.05) is 4.90 Å². The molecule has 0 bridgehead atoms. The van der Waals surface area contributed by atoms with Gasteiger partial charge in [0, 0.05) is 32.2 Å². The molecule has 0 saturated carbocycles. The summed E-state index contributed by atoms with van der Waals surface area (Å²) in [6, 6.07) is 2.13. The van der Waals surface area contributed by atoms with E-state index in [4.69, 9.17) is 5.73 Å². The molecule has 1 aliphatic rings. The normalized spacial score (nSPS) is 24.9. The molecule has 2 N–H and O–H groups in total. The fourth-order valence-electron chi connectivity index (χ4n) is 2.67. The van der Waals surface area contributed by atoms with Gasteiger partial charge in [0.2, 0.25) is 5.91 Å². The second-order valence-corrected chi connectivity index (χ2v) is 8.28. The van der Waals surface area contributed by atoms with Crippen molar-refractivity contribution in [2.24, 2.45) is 5.73 Å². The predicted molar refractivity (Wildman–Crippen MR) is 83.3 cm³/mol. The van der Waals surface area contributed by atoms with Gasteiger partial charge in [-0.25, -0.2) is 0 Å². The molecular weight excluding hydrogens is 324 g/mol. The van der Waals surface area contributed by atoms with Gasteiger partial charge in [0.1, 0.15) is 0 Å². The number of carbonyl (C=O) groups excluding carboxylic acids is 1. The van der Waals surface area contributed by atoms with Crippen molar-refractivity contribution in [2.75, 3.05) is 0 Å². The van der Waals surface area contributed by atoms with Crippen molar-refractivity contribution < 1.29 is 4.79 Å². The largest absolute Gasteiger partial charge is 0.328 e. The number of carbonyl (C=O) groups is 1. The van der Waals surface area contributed by atoms with Crippen molar-refractivity contribution >= 4 is 33.2 Å². The molecule has 3 nitrogen and oxygen atoms in total. The Morgan fingerprint density at radius 2 is 2.11 bits per heavy atom. The Labute approximate surface area is 127 Å². The molecule has 1 amide bonds. The molecule has 0 aliphatic carbocycles. The van der Waals surface area contributed by atoms with Crippen LogP contribution in [0.15, 0.2) is 10.5 Å². The predicted octanol–water partition coefficient (Wildman–Crippen LogP) is 3.61. The summed E-state index contributed by atoms with van der Waals surface area (Å²) < 4.78 is 1.10. The molecule has 1 fully saturated rings. The first kappa shape index (κ1) is 15.0. The number of aryl methyl sites for hydroxylation is 1. The van der Waals surface area contributed by atoms with Crippen LogP contribution in [0.2, 0.25) is 0 Å². The number of likely N-dealkylation sites (tertiary alicyclic amines) is 1. The molecule has 1 saturated heterocycles. The highest BCUT2D eigenvalue weighted by Gasteiger charge is 2.41. The van der Waals surface area contributed by atoms with Crippen LogP contribution in [0.25, 0.3) is 0 Å². The van der Waals surface area contributed by atoms with E-state index in [1.165, 1.54) is 9.75 Å². The third-order valence-corrected chi connectivity index (χ3v) is 5.74. The van der Waals surface area contributed by atoms with Crippen LogP contribution in [0, 0.1) is 6.92 Å². The number of thiophene rings is 1. The zero-order valence-electron chi connectivity index (χ0n) is 11.9. The highest BCUT2D eigenvalue weighted by atomic mass is 79.9. The summed E-state index contributed by atoms with van der Waals surface area (Å²) in [6.07, 6.45) is 1.32. The van der Waals surface area contributed by atoms with E-state index in [1.54, 1.807) is 11.3 Å². The molecule has 0 aromatic carbocycles. The van der Waals surface area contributed by atoms with E-state index in [0.717, 1.165) is 10.9 Å². The lowest BCUT2D eigenvalue weighted by atomic mass is 9.90. The number of rotatable bonds is 1. The second kappa shape index (κ2) is 5.19. The molecule has 1 aromatic rings. The van der Waals surface area contributed by atoms with Crippen LogP contribution in [0.3, 0.4) is 0 Å². The first-order valence-electron chi connectivity index (χ1n) is 6.55. The summed E-state index contributed by atoms with van der Waals surface area (Å²) >= 11 is 5.28. The molecule has 0 radical (unpaired) electrons. The monoisotopic (exact) mass is 344 g/mol. The van der Waals surface area contributed by atoms with Gasteiger partial charge in [-0.15, -0.1) is 11.3 Å². The van der Waals surface area contributed by atoms with Crippen molar-refractivity contribution in [1.82, 2.24) is 4.90 Å². The minimum atomic E-state index is -0.204. The van der Waals surface area contributed by atoms with Crippen LogP contribution in [0.1, 0.15) is 49.4 Å². The third-order valence-electron chi connectivity index (χ3n) is 3.53. The molecule has 1 aliphatic heterocycles. The molecular formula is C14H21BrN2OS. The lowest BCUT2D eigenvalue weighted by molar-refractivity contribution is -0.143. The molecule has 2 heterocycles. The lowest BCUT2D eigenvalue weighted by Gasteiger charge is -2.47. The van der Waals surface area contributed by atoms with E-state index in [2.05, 4.69) is 49.7 Å². The van der Waals surface area contributed by atoms with E-state index < -0.39 is 0 Å². The van der Waals surface area contributed by atoms with Crippen LogP contribution in [0.5, 0.6) is 0 Å². The Morgan fingerprint density at radius 1 is 1.47 bits per heavy atom. The van der Waals surface area contributed by atoms with Gasteiger partial charge in [-0.1, -0.05) is 0 Å². The Bertz CT molecular complexity index is 473. The van der Waals surface area contributed by atoms with E-state index >= 15 is 0 Å². The van der Waals surface area contributed by atoms with Gasteiger partial charge < -0.3 is 10.6 Å². The Balaban J connectivity index is 2.45. The zero-order valence-corrected chi connectivity index (χ0v) is 14.3.